The number of aromatic nitrogens is 2. The number of hydrogen-bond donors (Lipinski definition) is 2. The second kappa shape index (κ2) is 6.58. The molecule has 2 heterocycles. The first-order chi connectivity index (χ1) is 8.83. The molecule has 2 aromatic rings. The van der Waals surface area contributed by atoms with Crippen molar-refractivity contribution in [2.45, 2.75) is 25.9 Å². The summed E-state index contributed by atoms with van der Waals surface area (Å²) in [5, 5.41) is 15.3. The third-order valence-corrected chi connectivity index (χ3v) is 3.63. The molecule has 0 aliphatic rings. The maximum absolute atomic E-state index is 9.10. The summed E-state index contributed by atoms with van der Waals surface area (Å²) in [7, 11) is 0. The van der Waals surface area contributed by atoms with E-state index in [1.54, 1.807) is 17.5 Å². The van der Waals surface area contributed by atoms with E-state index in [9.17, 15) is 0 Å². The number of pyridine rings is 1. The van der Waals surface area contributed by atoms with Gasteiger partial charge in [-0.25, -0.2) is 4.98 Å². The van der Waals surface area contributed by atoms with Crippen LogP contribution in [0.25, 0.3) is 10.7 Å². The Kier molecular flexibility index (Phi) is 4.81. The minimum absolute atomic E-state index is 0.144. The number of aliphatic hydroxyl groups is 1. The van der Waals surface area contributed by atoms with Crippen LogP contribution in [-0.4, -0.2) is 27.7 Å². The maximum atomic E-state index is 9.10. The molecule has 0 radical (unpaired) electrons. The molecular formula is C13H17N3OS. The predicted octanol–water partition coefficient (Wildman–Crippen LogP) is 2.07. The second-order valence-electron chi connectivity index (χ2n) is 4.03. The van der Waals surface area contributed by atoms with Crippen LogP contribution in [0.1, 0.15) is 19.0 Å². The van der Waals surface area contributed by atoms with Crippen molar-refractivity contribution >= 4 is 11.3 Å². The third kappa shape index (κ3) is 3.35. The number of nitrogens with zero attached hydrogens (tertiary/aromatic N) is 2. The van der Waals surface area contributed by atoms with E-state index in [4.69, 9.17) is 5.11 Å². The average molecular weight is 263 g/mol. The van der Waals surface area contributed by atoms with Crippen LogP contribution in [0.5, 0.6) is 0 Å². The molecule has 0 spiro atoms. The van der Waals surface area contributed by atoms with Crippen molar-refractivity contribution in [3.8, 4) is 10.7 Å². The Morgan fingerprint density at radius 3 is 3.00 bits per heavy atom. The van der Waals surface area contributed by atoms with Crippen LogP contribution in [0.2, 0.25) is 0 Å². The van der Waals surface area contributed by atoms with E-state index in [0.29, 0.717) is 6.54 Å². The molecule has 1 atom stereocenters. The van der Waals surface area contributed by atoms with Crippen LogP contribution >= 0.6 is 11.3 Å². The molecule has 96 valence electrons. The van der Waals surface area contributed by atoms with E-state index in [1.807, 2.05) is 30.5 Å². The van der Waals surface area contributed by atoms with Gasteiger partial charge < -0.3 is 10.4 Å². The quantitative estimate of drug-likeness (QED) is 0.837. The highest BCUT2D eigenvalue weighted by Crippen LogP contribution is 2.21. The van der Waals surface area contributed by atoms with Gasteiger partial charge in [0, 0.05) is 24.2 Å². The minimum Gasteiger partial charge on any atom is -0.395 e. The number of thiazole rings is 1. The third-order valence-electron chi connectivity index (χ3n) is 2.72. The Balaban J connectivity index is 1.98. The molecular weight excluding hydrogens is 246 g/mol. The summed E-state index contributed by atoms with van der Waals surface area (Å²) in [6.45, 7) is 2.89. The lowest BCUT2D eigenvalue weighted by Crippen LogP contribution is -2.31. The summed E-state index contributed by atoms with van der Waals surface area (Å²) < 4.78 is 0. The Labute approximate surface area is 111 Å². The summed E-state index contributed by atoms with van der Waals surface area (Å²) in [6, 6.07) is 5.95. The molecule has 0 aliphatic carbocycles. The summed E-state index contributed by atoms with van der Waals surface area (Å²) in [6.07, 6.45) is 2.68. The lowest BCUT2D eigenvalue weighted by molar-refractivity contribution is 0.238. The normalized spacial score (nSPS) is 12.6. The van der Waals surface area contributed by atoms with Crippen LogP contribution in [0.3, 0.4) is 0 Å². The van der Waals surface area contributed by atoms with E-state index < -0.39 is 0 Å². The molecule has 0 fully saturated rings. The molecule has 2 rings (SSSR count). The van der Waals surface area contributed by atoms with Crippen molar-refractivity contribution in [1.29, 1.82) is 0 Å². The molecule has 4 nitrogen and oxygen atoms in total. The topological polar surface area (TPSA) is 58.0 Å². The molecule has 0 aliphatic heterocycles. The zero-order valence-electron chi connectivity index (χ0n) is 10.3. The summed E-state index contributed by atoms with van der Waals surface area (Å²) in [4.78, 5) is 8.81. The average Bonchev–Trinajstić information content (AvgIpc) is 2.90. The molecule has 0 aromatic carbocycles. The number of aliphatic hydroxyl groups excluding tert-OH is 1. The fourth-order valence-electron chi connectivity index (χ4n) is 1.58. The van der Waals surface area contributed by atoms with Gasteiger partial charge in [0.15, 0.2) is 0 Å². The number of nitrogens with one attached hydrogen (secondary N) is 1. The van der Waals surface area contributed by atoms with Gasteiger partial charge in [-0.3, -0.25) is 4.98 Å². The van der Waals surface area contributed by atoms with Crippen LogP contribution in [-0.2, 0) is 6.54 Å². The van der Waals surface area contributed by atoms with E-state index in [0.717, 1.165) is 22.8 Å². The molecule has 5 heteroatoms. The first-order valence-corrected chi connectivity index (χ1v) is 6.91. The van der Waals surface area contributed by atoms with Crippen molar-refractivity contribution < 1.29 is 5.11 Å². The molecule has 0 unspecified atom stereocenters. The Hall–Kier alpha value is -1.30. The van der Waals surface area contributed by atoms with Crippen LogP contribution in [0.4, 0.5) is 0 Å². The zero-order valence-corrected chi connectivity index (χ0v) is 11.2. The van der Waals surface area contributed by atoms with Crippen molar-refractivity contribution in [2.24, 2.45) is 0 Å². The van der Waals surface area contributed by atoms with Crippen LogP contribution < -0.4 is 5.32 Å². The summed E-state index contributed by atoms with van der Waals surface area (Å²) >= 11 is 1.59. The lowest BCUT2D eigenvalue weighted by Gasteiger charge is -2.12. The zero-order chi connectivity index (χ0) is 12.8. The van der Waals surface area contributed by atoms with Crippen molar-refractivity contribution in [1.82, 2.24) is 15.3 Å². The largest absolute Gasteiger partial charge is 0.395 e. The maximum Gasteiger partial charge on any atom is 0.142 e. The first kappa shape index (κ1) is 13.1. The van der Waals surface area contributed by atoms with E-state index >= 15 is 0 Å². The highest BCUT2D eigenvalue weighted by atomic mass is 32.1. The molecule has 0 saturated carbocycles. The van der Waals surface area contributed by atoms with Crippen LogP contribution in [0, 0.1) is 0 Å². The first-order valence-electron chi connectivity index (χ1n) is 6.03. The highest BCUT2D eigenvalue weighted by Gasteiger charge is 2.07. The molecule has 0 amide bonds. The molecule has 2 N–H and O–H groups in total. The molecule has 0 saturated heterocycles. The van der Waals surface area contributed by atoms with Crippen molar-refractivity contribution in [3.63, 3.8) is 0 Å². The van der Waals surface area contributed by atoms with Gasteiger partial charge in [-0.15, -0.1) is 11.3 Å². The molecule has 0 bridgehead atoms. The fourth-order valence-corrected chi connectivity index (χ4v) is 2.38. The predicted molar refractivity (Wildman–Crippen MR) is 73.3 cm³/mol. The molecule has 18 heavy (non-hydrogen) atoms. The van der Waals surface area contributed by atoms with E-state index in [1.165, 1.54) is 0 Å². The van der Waals surface area contributed by atoms with Gasteiger partial charge in [0.1, 0.15) is 5.01 Å². The van der Waals surface area contributed by atoms with Gasteiger partial charge in [-0.05, 0) is 18.6 Å². The summed E-state index contributed by atoms with van der Waals surface area (Å²) in [5.74, 6) is 0. The van der Waals surface area contributed by atoms with Gasteiger partial charge in [0.2, 0.25) is 0 Å². The highest BCUT2D eigenvalue weighted by molar-refractivity contribution is 7.13. The standard InChI is InChI=1S/C13H17N3OS/c1-2-10(8-17)15-7-11-9-18-13(16-11)12-5-3-4-6-14-12/h3-6,9-10,15,17H,2,7-8H2,1H3/t10-/m0/s1. The van der Waals surface area contributed by atoms with Gasteiger partial charge in [0.05, 0.1) is 18.0 Å². The number of hydrogen-bond acceptors (Lipinski definition) is 5. The lowest BCUT2D eigenvalue weighted by atomic mass is 10.2. The van der Waals surface area contributed by atoms with Gasteiger partial charge in [0.25, 0.3) is 0 Å². The second-order valence-corrected chi connectivity index (χ2v) is 4.89. The summed E-state index contributed by atoms with van der Waals surface area (Å²) in [5.41, 5.74) is 1.90. The monoisotopic (exact) mass is 263 g/mol. The van der Waals surface area contributed by atoms with Gasteiger partial charge in [-0.2, -0.15) is 0 Å². The van der Waals surface area contributed by atoms with Gasteiger partial charge in [-0.1, -0.05) is 13.0 Å². The Bertz CT molecular complexity index is 468. The smallest absolute Gasteiger partial charge is 0.142 e. The van der Waals surface area contributed by atoms with E-state index in [2.05, 4.69) is 15.3 Å². The number of rotatable bonds is 6. The minimum atomic E-state index is 0.144. The molecule has 2 aromatic heterocycles. The SMILES string of the molecule is CC[C@@H](CO)NCc1csc(-c2ccccn2)n1. The van der Waals surface area contributed by atoms with E-state index in [-0.39, 0.29) is 12.6 Å². The fraction of sp³-hybridized carbons (Fsp3) is 0.385. The Morgan fingerprint density at radius 1 is 1.44 bits per heavy atom. The van der Waals surface area contributed by atoms with Crippen molar-refractivity contribution in [3.05, 3.63) is 35.5 Å². The van der Waals surface area contributed by atoms with Gasteiger partial charge >= 0.3 is 0 Å². The van der Waals surface area contributed by atoms with Crippen LogP contribution in [0.15, 0.2) is 29.8 Å². The van der Waals surface area contributed by atoms with Crippen molar-refractivity contribution in [2.75, 3.05) is 6.61 Å². The Morgan fingerprint density at radius 2 is 2.33 bits per heavy atom.